The van der Waals surface area contributed by atoms with E-state index in [1.54, 1.807) is 34.9 Å². The van der Waals surface area contributed by atoms with Crippen molar-refractivity contribution in [3.63, 3.8) is 0 Å². The third-order valence-electron chi connectivity index (χ3n) is 3.50. The molecule has 136 valence electrons. The fourth-order valence-electron chi connectivity index (χ4n) is 2.30. The number of benzene rings is 1. The van der Waals surface area contributed by atoms with Gasteiger partial charge in [0, 0.05) is 4.47 Å². The third kappa shape index (κ3) is 4.01. The Kier molecular flexibility index (Phi) is 5.50. The Labute approximate surface area is 156 Å². The second kappa shape index (κ2) is 7.81. The van der Waals surface area contributed by atoms with Gasteiger partial charge in [-0.2, -0.15) is 0 Å². The number of aliphatic hydroxyl groups is 1. The Morgan fingerprint density at radius 2 is 2.23 bits per heavy atom. The quantitative estimate of drug-likeness (QED) is 0.531. The number of nitrogens with zero attached hydrogens (tertiary/aromatic N) is 2. The Balaban J connectivity index is 1.96. The molecule has 0 radical (unpaired) electrons. The third-order valence-corrected chi connectivity index (χ3v) is 4.00. The van der Waals surface area contributed by atoms with Gasteiger partial charge in [-0.3, -0.25) is 14.0 Å². The maximum atomic E-state index is 14.2. The molecule has 2 heterocycles. The van der Waals surface area contributed by atoms with E-state index >= 15 is 0 Å². The first-order valence-corrected chi connectivity index (χ1v) is 8.52. The van der Waals surface area contributed by atoms with E-state index in [0.717, 1.165) is 5.52 Å². The van der Waals surface area contributed by atoms with Crippen molar-refractivity contribution in [2.45, 2.75) is 13.0 Å². The molecule has 0 saturated heterocycles. The van der Waals surface area contributed by atoms with Crippen LogP contribution >= 0.6 is 15.9 Å². The van der Waals surface area contributed by atoms with Crippen molar-refractivity contribution in [1.82, 2.24) is 14.9 Å². The number of hydroxylamine groups is 1. The molecule has 1 unspecified atom stereocenters. The number of carbonyl (C=O) groups is 1. The number of halogens is 2. The van der Waals surface area contributed by atoms with Crippen LogP contribution in [-0.2, 0) is 4.84 Å². The van der Waals surface area contributed by atoms with Gasteiger partial charge in [0.2, 0.25) is 0 Å². The normalized spacial score (nSPS) is 12.2. The summed E-state index contributed by atoms with van der Waals surface area (Å²) in [5.74, 6) is -0.686. The van der Waals surface area contributed by atoms with Gasteiger partial charge in [-0.05, 0) is 37.3 Å². The average Bonchev–Trinajstić information content (AvgIpc) is 3.06. The van der Waals surface area contributed by atoms with Crippen molar-refractivity contribution in [2.24, 2.45) is 0 Å². The predicted octanol–water partition coefficient (Wildman–Crippen LogP) is 3.02. The fourth-order valence-corrected chi connectivity index (χ4v) is 2.64. The van der Waals surface area contributed by atoms with E-state index in [-0.39, 0.29) is 17.9 Å². The topological polar surface area (TPSA) is 87.9 Å². The van der Waals surface area contributed by atoms with Crippen molar-refractivity contribution in [1.29, 1.82) is 0 Å². The van der Waals surface area contributed by atoms with Crippen molar-refractivity contribution in [2.75, 3.05) is 11.9 Å². The molecule has 0 bridgehead atoms. The van der Waals surface area contributed by atoms with E-state index in [1.165, 1.54) is 19.3 Å². The monoisotopic (exact) mass is 422 g/mol. The van der Waals surface area contributed by atoms with Crippen LogP contribution < -0.4 is 10.8 Å². The molecule has 2 aromatic heterocycles. The Hall–Kier alpha value is -2.49. The Bertz CT molecular complexity index is 945. The smallest absolute Gasteiger partial charge is 0.278 e. The van der Waals surface area contributed by atoms with E-state index in [9.17, 15) is 14.3 Å². The van der Waals surface area contributed by atoms with Crippen LogP contribution in [-0.4, -0.2) is 33.1 Å². The van der Waals surface area contributed by atoms with Crippen LogP contribution in [0.2, 0.25) is 0 Å². The number of hydrogen-bond acceptors (Lipinski definition) is 5. The van der Waals surface area contributed by atoms with Crippen LogP contribution in [0.15, 0.2) is 47.3 Å². The molecule has 1 atom stereocenters. The van der Waals surface area contributed by atoms with Gasteiger partial charge in [-0.25, -0.2) is 14.9 Å². The molecule has 0 saturated carbocycles. The molecular weight excluding hydrogens is 407 g/mol. The van der Waals surface area contributed by atoms with Crippen molar-refractivity contribution in [3.05, 3.63) is 58.7 Å². The largest absolute Gasteiger partial charge is 0.391 e. The van der Waals surface area contributed by atoms with Crippen LogP contribution in [0.1, 0.15) is 17.3 Å². The molecule has 1 aromatic carbocycles. The molecule has 0 aliphatic rings. The van der Waals surface area contributed by atoms with Gasteiger partial charge in [0.25, 0.3) is 5.91 Å². The molecule has 3 aromatic rings. The molecule has 7 nitrogen and oxygen atoms in total. The predicted molar refractivity (Wildman–Crippen MR) is 97.7 cm³/mol. The SMILES string of the molecule is CC(O)CONC(=O)c1ccc2cncn2c1Nc1ccc(Br)cc1F. The van der Waals surface area contributed by atoms with Crippen LogP contribution in [0, 0.1) is 5.82 Å². The summed E-state index contributed by atoms with van der Waals surface area (Å²) in [5.41, 5.74) is 3.42. The minimum Gasteiger partial charge on any atom is -0.391 e. The summed E-state index contributed by atoms with van der Waals surface area (Å²) in [6.07, 6.45) is 2.41. The fraction of sp³-hybridized carbons (Fsp3) is 0.176. The van der Waals surface area contributed by atoms with Gasteiger partial charge in [-0.1, -0.05) is 15.9 Å². The summed E-state index contributed by atoms with van der Waals surface area (Å²) < 4.78 is 16.4. The summed E-state index contributed by atoms with van der Waals surface area (Å²) in [6.45, 7) is 1.48. The molecule has 0 aliphatic heterocycles. The number of aliphatic hydroxyl groups excluding tert-OH is 1. The maximum Gasteiger partial charge on any atom is 0.278 e. The first kappa shape index (κ1) is 18.3. The first-order chi connectivity index (χ1) is 12.5. The minimum atomic E-state index is -0.721. The summed E-state index contributed by atoms with van der Waals surface area (Å²) in [7, 11) is 0. The number of nitrogens with one attached hydrogen (secondary N) is 2. The van der Waals surface area contributed by atoms with E-state index in [0.29, 0.717) is 10.3 Å². The van der Waals surface area contributed by atoms with Gasteiger partial charge in [-0.15, -0.1) is 0 Å². The number of carbonyl (C=O) groups excluding carboxylic acids is 1. The lowest BCUT2D eigenvalue weighted by Gasteiger charge is -2.15. The highest BCUT2D eigenvalue weighted by Crippen LogP contribution is 2.26. The van der Waals surface area contributed by atoms with E-state index in [4.69, 9.17) is 4.84 Å². The standard InChI is InChI=1S/C17H16BrFN4O3/c1-10(24)8-26-22-17(25)13-4-3-12-7-20-9-23(12)16(13)21-15-5-2-11(18)6-14(15)19/h2-7,9-10,21,24H,8H2,1H3,(H,22,25). The molecule has 3 rings (SSSR count). The lowest BCUT2D eigenvalue weighted by Crippen LogP contribution is -2.28. The molecule has 0 fully saturated rings. The van der Waals surface area contributed by atoms with Gasteiger partial charge in [0.05, 0.1) is 29.1 Å². The first-order valence-electron chi connectivity index (χ1n) is 7.73. The van der Waals surface area contributed by atoms with Gasteiger partial charge in [0.15, 0.2) is 0 Å². The van der Waals surface area contributed by atoms with E-state index < -0.39 is 17.8 Å². The molecule has 0 spiro atoms. The lowest BCUT2D eigenvalue weighted by atomic mass is 10.2. The van der Waals surface area contributed by atoms with Crippen LogP contribution in [0.3, 0.4) is 0 Å². The highest BCUT2D eigenvalue weighted by atomic mass is 79.9. The molecule has 26 heavy (non-hydrogen) atoms. The number of pyridine rings is 1. The highest BCUT2D eigenvalue weighted by Gasteiger charge is 2.17. The summed E-state index contributed by atoms with van der Waals surface area (Å²) >= 11 is 3.21. The zero-order valence-electron chi connectivity index (χ0n) is 13.7. The number of amides is 1. The number of anilines is 2. The Morgan fingerprint density at radius 3 is 2.96 bits per heavy atom. The van der Waals surface area contributed by atoms with Gasteiger partial charge in [0.1, 0.15) is 24.6 Å². The van der Waals surface area contributed by atoms with Gasteiger partial charge < -0.3 is 10.4 Å². The molecule has 3 N–H and O–H groups in total. The van der Waals surface area contributed by atoms with Crippen LogP contribution in [0.25, 0.3) is 5.52 Å². The number of hydrogen-bond donors (Lipinski definition) is 3. The molecule has 9 heteroatoms. The maximum absolute atomic E-state index is 14.2. The summed E-state index contributed by atoms with van der Waals surface area (Å²) in [4.78, 5) is 21.5. The second-order valence-corrected chi connectivity index (χ2v) is 6.54. The summed E-state index contributed by atoms with van der Waals surface area (Å²) in [5, 5.41) is 12.1. The van der Waals surface area contributed by atoms with Gasteiger partial charge >= 0.3 is 0 Å². The Morgan fingerprint density at radius 1 is 1.42 bits per heavy atom. The molecule has 1 amide bonds. The van der Waals surface area contributed by atoms with Crippen LogP contribution in [0.5, 0.6) is 0 Å². The summed E-state index contributed by atoms with van der Waals surface area (Å²) in [6, 6.07) is 7.85. The van der Waals surface area contributed by atoms with Crippen LogP contribution in [0.4, 0.5) is 15.9 Å². The lowest BCUT2D eigenvalue weighted by molar-refractivity contribution is -0.00684. The highest BCUT2D eigenvalue weighted by molar-refractivity contribution is 9.10. The minimum absolute atomic E-state index is 0.0524. The van der Waals surface area contributed by atoms with Crippen molar-refractivity contribution < 1.29 is 19.1 Å². The molecule has 0 aliphatic carbocycles. The average molecular weight is 423 g/mol. The zero-order chi connectivity index (χ0) is 18.7. The number of aromatic nitrogens is 2. The van der Waals surface area contributed by atoms with E-state index in [1.807, 2.05) is 0 Å². The number of rotatable bonds is 6. The number of imidazole rings is 1. The van der Waals surface area contributed by atoms with E-state index in [2.05, 4.69) is 31.7 Å². The second-order valence-electron chi connectivity index (χ2n) is 5.62. The zero-order valence-corrected chi connectivity index (χ0v) is 15.3. The number of fused-ring (bicyclic) bond motifs is 1. The molecular formula is C17H16BrFN4O3. The van der Waals surface area contributed by atoms with Crippen molar-refractivity contribution >= 4 is 38.9 Å². The van der Waals surface area contributed by atoms with Crippen molar-refractivity contribution in [3.8, 4) is 0 Å².